The summed E-state index contributed by atoms with van der Waals surface area (Å²) in [4.78, 5) is 5.65. The highest BCUT2D eigenvalue weighted by Crippen LogP contribution is 2.28. The van der Waals surface area contributed by atoms with Crippen LogP contribution in [0.15, 0.2) is 72.1 Å². The fraction of sp³-hybridized carbons (Fsp3) is 0.0952. The molecule has 2 nitrogen and oxygen atoms in total. The van der Waals surface area contributed by atoms with Crippen molar-refractivity contribution < 1.29 is 4.39 Å². The Morgan fingerprint density at radius 2 is 1.85 bits per heavy atom. The van der Waals surface area contributed by atoms with Gasteiger partial charge in [0.15, 0.2) is 0 Å². The van der Waals surface area contributed by atoms with E-state index >= 15 is 0 Å². The lowest BCUT2D eigenvalue weighted by molar-refractivity contribution is 0.603. The number of hydrogen-bond acceptors (Lipinski definition) is 3. The van der Waals surface area contributed by atoms with E-state index in [-0.39, 0.29) is 11.9 Å². The Kier molecular flexibility index (Phi) is 4.98. The number of nitrogens with zero attached hydrogens (tertiary/aromatic N) is 1. The zero-order valence-corrected chi connectivity index (χ0v) is 15.4. The van der Waals surface area contributed by atoms with Crippen molar-refractivity contribution in [1.82, 2.24) is 10.3 Å². The van der Waals surface area contributed by atoms with Crippen LogP contribution in [0.25, 0.3) is 10.9 Å². The van der Waals surface area contributed by atoms with Gasteiger partial charge in [0.25, 0.3) is 0 Å². The summed E-state index contributed by atoms with van der Waals surface area (Å²) < 4.78 is 13.3. The number of hydrogen-bond donors (Lipinski definition) is 1. The number of halogens is 2. The molecule has 0 amide bonds. The average Bonchev–Trinajstić information content (AvgIpc) is 3.18. The van der Waals surface area contributed by atoms with Crippen LogP contribution in [0.3, 0.4) is 0 Å². The molecule has 0 fully saturated rings. The topological polar surface area (TPSA) is 24.9 Å². The number of benzene rings is 2. The van der Waals surface area contributed by atoms with Crippen molar-refractivity contribution in [2.24, 2.45) is 0 Å². The highest BCUT2D eigenvalue weighted by Gasteiger charge is 2.16. The van der Waals surface area contributed by atoms with Gasteiger partial charge in [-0.25, -0.2) is 9.37 Å². The molecular formula is C21H16ClFN2S. The van der Waals surface area contributed by atoms with Gasteiger partial charge in [-0.3, -0.25) is 0 Å². The minimum absolute atomic E-state index is 0.0295. The van der Waals surface area contributed by atoms with Gasteiger partial charge in [0, 0.05) is 22.4 Å². The van der Waals surface area contributed by atoms with E-state index < -0.39 is 0 Å². The lowest BCUT2D eigenvalue weighted by Gasteiger charge is -2.19. The lowest BCUT2D eigenvalue weighted by atomic mass is 10.0. The number of aromatic nitrogens is 1. The van der Waals surface area contributed by atoms with Gasteiger partial charge < -0.3 is 5.32 Å². The van der Waals surface area contributed by atoms with Crippen molar-refractivity contribution in [2.45, 2.75) is 12.6 Å². The second kappa shape index (κ2) is 7.54. The van der Waals surface area contributed by atoms with Gasteiger partial charge in [-0.2, -0.15) is 0 Å². The maximum absolute atomic E-state index is 13.3. The third-order valence-corrected chi connectivity index (χ3v) is 5.54. The molecule has 0 aliphatic rings. The zero-order valence-electron chi connectivity index (χ0n) is 13.8. The van der Waals surface area contributed by atoms with E-state index in [0.717, 1.165) is 22.0 Å². The molecule has 130 valence electrons. The molecule has 0 saturated carbocycles. The molecular weight excluding hydrogens is 367 g/mol. The maximum Gasteiger partial charge on any atom is 0.134 e. The third-order valence-electron chi connectivity index (χ3n) is 4.28. The summed E-state index contributed by atoms with van der Waals surface area (Å²) in [6.45, 7) is 0.566. The van der Waals surface area contributed by atoms with Crippen LogP contribution in [-0.4, -0.2) is 4.98 Å². The summed E-state index contributed by atoms with van der Waals surface area (Å²) in [6.07, 6.45) is 0. The van der Waals surface area contributed by atoms with Crippen molar-refractivity contribution in [3.8, 4) is 0 Å². The SMILES string of the molecule is Fc1ccc([C@H](NCc2cc3ccccc3nc2Cl)c2cccs2)cc1. The Morgan fingerprint density at radius 3 is 2.62 bits per heavy atom. The molecule has 5 heteroatoms. The van der Waals surface area contributed by atoms with Crippen LogP contribution < -0.4 is 5.32 Å². The molecule has 0 saturated heterocycles. The predicted molar refractivity (Wildman–Crippen MR) is 106 cm³/mol. The molecule has 0 unspecified atom stereocenters. The smallest absolute Gasteiger partial charge is 0.134 e. The van der Waals surface area contributed by atoms with E-state index in [4.69, 9.17) is 11.6 Å². The molecule has 4 aromatic rings. The average molecular weight is 383 g/mol. The van der Waals surface area contributed by atoms with Crippen LogP contribution in [0.4, 0.5) is 4.39 Å². The Morgan fingerprint density at radius 1 is 1.04 bits per heavy atom. The summed E-state index contributed by atoms with van der Waals surface area (Å²) in [6, 6.07) is 20.6. The molecule has 2 aromatic carbocycles. The van der Waals surface area contributed by atoms with E-state index in [2.05, 4.69) is 22.4 Å². The molecule has 0 radical (unpaired) electrons. The summed E-state index contributed by atoms with van der Waals surface area (Å²) in [5.41, 5.74) is 2.84. The standard InChI is InChI=1S/C21H16ClFN2S/c22-21-16(12-15-4-1-2-5-18(15)25-21)13-24-20(19-6-3-11-26-19)14-7-9-17(23)10-8-14/h1-12,20,24H,13H2/t20-/m0/s1. The van der Waals surface area contributed by atoms with Crippen molar-refractivity contribution in [1.29, 1.82) is 0 Å². The number of fused-ring (bicyclic) bond motifs is 1. The molecule has 0 bridgehead atoms. The number of nitrogens with one attached hydrogen (secondary N) is 1. The first kappa shape index (κ1) is 17.2. The van der Waals surface area contributed by atoms with Crippen LogP contribution in [-0.2, 0) is 6.54 Å². The summed E-state index contributed by atoms with van der Waals surface area (Å²) in [7, 11) is 0. The second-order valence-corrected chi connectivity index (χ2v) is 7.35. The minimum atomic E-state index is -0.236. The highest BCUT2D eigenvalue weighted by atomic mass is 35.5. The van der Waals surface area contributed by atoms with Crippen LogP contribution in [0.5, 0.6) is 0 Å². The largest absolute Gasteiger partial charge is 0.301 e. The van der Waals surface area contributed by atoms with Crippen LogP contribution >= 0.6 is 22.9 Å². The fourth-order valence-electron chi connectivity index (χ4n) is 2.97. The molecule has 0 aliphatic carbocycles. The Bertz CT molecular complexity index is 1020. The normalized spacial score (nSPS) is 12.4. The first-order chi connectivity index (χ1) is 12.7. The number of rotatable bonds is 5. The first-order valence-corrected chi connectivity index (χ1v) is 9.53. The maximum atomic E-state index is 13.3. The molecule has 0 spiro atoms. The Labute approximate surface area is 160 Å². The van der Waals surface area contributed by atoms with Gasteiger partial charge in [0.1, 0.15) is 11.0 Å². The van der Waals surface area contributed by atoms with Crippen LogP contribution in [0.2, 0.25) is 5.15 Å². The van der Waals surface area contributed by atoms with Gasteiger partial charge in [0.2, 0.25) is 0 Å². The quantitative estimate of drug-likeness (QED) is 0.430. The van der Waals surface area contributed by atoms with E-state index in [1.807, 2.05) is 47.8 Å². The monoisotopic (exact) mass is 382 g/mol. The van der Waals surface area contributed by atoms with E-state index in [1.165, 1.54) is 17.0 Å². The zero-order chi connectivity index (χ0) is 17.9. The summed E-state index contributed by atoms with van der Waals surface area (Å²) >= 11 is 8.05. The van der Waals surface area contributed by atoms with Gasteiger partial charge in [-0.15, -0.1) is 11.3 Å². The van der Waals surface area contributed by atoms with Gasteiger partial charge in [-0.1, -0.05) is 48.0 Å². The Hall–Kier alpha value is -2.27. The highest BCUT2D eigenvalue weighted by molar-refractivity contribution is 7.10. The van der Waals surface area contributed by atoms with Crippen LogP contribution in [0, 0.1) is 5.82 Å². The molecule has 26 heavy (non-hydrogen) atoms. The summed E-state index contributed by atoms with van der Waals surface area (Å²) in [5.74, 6) is -0.236. The van der Waals surface area contributed by atoms with Gasteiger partial charge in [-0.05, 0) is 41.3 Å². The van der Waals surface area contributed by atoms with Gasteiger partial charge >= 0.3 is 0 Å². The Balaban J connectivity index is 1.62. The molecule has 1 atom stereocenters. The molecule has 0 aliphatic heterocycles. The van der Waals surface area contributed by atoms with E-state index in [0.29, 0.717) is 11.7 Å². The molecule has 2 heterocycles. The molecule has 1 N–H and O–H groups in total. The van der Waals surface area contributed by atoms with Crippen LogP contribution in [0.1, 0.15) is 22.0 Å². The minimum Gasteiger partial charge on any atom is -0.301 e. The lowest BCUT2D eigenvalue weighted by Crippen LogP contribution is -2.21. The predicted octanol–water partition coefficient (Wildman–Crippen LogP) is 5.97. The van der Waals surface area contributed by atoms with Crippen molar-refractivity contribution in [2.75, 3.05) is 0 Å². The molecule has 2 aromatic heterocycles. The van der Waals surface area contributed by atoms with Gasteiger partial charge in [0.05, 0.1) is 11.6 Å². The molecule has 4 rings (SSSR count). The summed E-state index contributed by atoms with van der Waals surface area (Å²) in [5, 5.41) is 7.14. The van der Waals surface area contributed by atoms with E-state index in [1.54, 1.807) is 11.3 Å². The second-order valence-electron chi connectivity index (χ2n) is 6.01. The fourth-order valence-corrected chi connectivity index (χ4v) is 4.00. The van der Waals surface area contributed by atoms with Crippen molar-refractivity contribution in [3.63, 3.8) is 0 Å². The van der Waals surface area contributed by atoms with Crippen molar-refractivity contribution >= 4 is 33.8 Å². The van der Waals surface area contributed by atoms with Crippen molar-refractivity contribution in [3.05, 3.63) is 99.1 Å². The number of thiophene rings is 1. The van der Waals surface area contributed by atoms with E-state index in [9.17, 15) is 4.39 Å². The third kappa shape index (κ3) is 3.63. The number of para-hydroxylation sites is 1. The number of pyridine rings is 1. The first-order valence-electron chi connectivity index (χ1n) is 8.27.